The Morgan fingerprint density at radius 3 is 2.77 bits per heavy atom. The molecule has 1 aliphatic rings. The Labute approximate surface area is 156 Å². The Kier molecular flexibility index (Phi) is 4.17. The number of likely N-dealkylation sites (tertiary alicyclic amines) is 1. The van der Waals surface area contributed by atoms with E-state index in [1.807, 2.05) is 31.2 Å². The highest BCUT2D eigenvalue weighted by Gasteiger charge is 2.38. The number of pyridine rings is 1. The number of aliphatic hydroxyl groups is 1. The lowest BCUT2D eigenvalue weighted by molar-refractivity contribution is -0.0292. The molecule has 3 heterocycles. The zero-order valence-electron chi connectivity index (χ0n) is 14.4. The van der Waals surface area contributed by atoms with E-state index < -0.39 is 5.60 Å². The second-order valence-corrected chi connectivity index (χ2v) is 7.26. The first-order valence-electron chi connectivity index (χ1n) is 8.55. The average Bonchev–Trinajstić information content (AvgIpc) is 3.04. The number of nitrogens with zero attached hydrogens (tertiary/aromatic N) is 4. The van der Waals surface area contributed by atoms with E-state index in [-0.39, 0.29) is 18.3 Å². The van der Waals surface area contributed by atoms with Crippen LogP contribution in [0.2, 0.25) is 5.02 Å². The van der Waals surface area contributed by atoms with E-state index in [1.54, 1.807) is 27.6 Å². The number of hydrogen-bond donors (Lipinski definition) is 1. The molecule has 1 amide bonds. The zero-order valence-corrected chi connectivity index (χ0v) is 15.1. The summed E-state index contributed by atoms with van der Waals surface area (Å²) < 4.78 is 1.69. The van der Waals surface area contributed by atoms with E-state index in [0.29, 0.717) is 30.1 Å². The molecule has 0 radical (unpaired) electrons. The summed E-state index contributed by atoms with van der Waals surface area (Å²) in [5.74, 6) is 0.0359. The summed E-state index contributed by atoms with van der Waals surface area (Å²) in [7, 11) is 0. The van der Waals surface area contributed by atoms with E-state index in [9.17, 15) is 9.90 Å². The van der Waals surface area contributed by atoms with Gasteiger partial charge >= 0.3 is 0 Å². The molecule has 0 spiro atoms. The van der Waals surface area contributed by atoms with Crippen molar-refractivity contribution < 1.29 is 9.90 Å². The molecule has 1 saturated heterocycles. The van der Waals surface area contributed by atoms with Gasteiger partial charge < -0.3 is 10.0 Å². The minimum absolute atomic E-state index is 0.217. The van der Waals surface area contributed by atoms with E-state index in [4.69, 9.17) is 11.6 Å². The van der Waals surface area contributed by atoms with Crippen molar-refractivity contribution in [2.24, 2.45) is 0 Å². The topological polar surface area (TPSA) is 70.7 Å². The summed E-state index contributed by atoms with van der Waals surface area (Å²) >= 11 is 5.95. The van der Waals surface area contributed by atoms with Gasteiger partial charge in [-0.25, -0.2) is 0 Å². The van der Waals surface area contributed by atoms with Crippen LogP contribution in [0.3, 0.4) is 0 Å². The molecule has 26 heavy (non-hydrogen) atoms. The lowest BCUT2D eigenvalue weighted by Gasteiger charge is -2.39. The summed E-state index contributed by atoms with van der Waals surface area (Å²) in [5.41, 5.74) is 1.37. The molecule has 1 aliphatic heterocycles. The number of halogens is 1. The van der Waals surface area contributed by atoms with Crippen molar-refractivity contribution in [2.75, 3.05) is 13.1 Å². The third-order valence-corrected chi connectivity index (χ3v) is 5.15. The van der Waals surface area contributed by atoms with Gasteiger partial charge in [0.1, 0.15) is 5.60 Å². The molecule has 1 atom stereocenters. The molecule has 2 aromatic heterocycles. The van der Waals surface area contributed by atoms with Gasteiger partial charge in [-0.2, -0.15) is 0 Å². The molecular weight excluding hydrogens is 352 g/mol. The van der Waals surface area contributed by atoms with Crippen molar-refractivity contribution in [3.63, 3.8) is 0 Å². The number of benzene rings is 1. The highest BCUT2D eigenvalue weighted by atomic mass is 35.5. The number of β-amino-alcohol motifs (C(OH)–C–C–N with tert-alkyl or cyclic N) is 1. The van der Waals surface area contributed by atoms with Gasteiger partial charge in [-0.3, -0.25) is 9.20 Å². The Hall–Kier alpha value is -2.44. The number of carbonyl (C=O) groups excluding carboxylic acids is 1. The zero-order chi connectivity index (χ0) is 18.3. The normalized spacial score (nSPS) is 20.5. The second kappa shape index (κ2) is 6.37. The quantitative estimate of drug-likeness (QED) is 0.753. The molecule has 134 valence electrons. The summed E-state index contributed by atoms with van der Waals surface area (Å²) in [6, 6.07) is 10.9. The van der Waals surface area contributed by atoms with Crippen LogP contribution >= 0.6 is 11.6 Å². The molecule has 4 rings (SSSR count). The van der Waals surface area contributed by atoms with Crippen LogP contribution in [0.15, 0.2) is 42.6 Å². The standard InChI is InChI=1S/C19H19ClN4O2/c1-13-7-10-24-16(11-13)21-22-17(24)18(25)23-9-2-8-19(26,12-23)14-3-5-15(20)6-4-14/h3-7,10-11,26H,2,8-9,12H2,1H3. The number of piperidine rings is 1. The first-order valence-corrected chi connectivity index (χ1v) is 8.93. The fourth-order valence-electron chi connectivity index (χ4n) is 3.49. The van der Waals surface area contributed by atoms with E-state index in [1.165, 1.54) is 0 Å². The van der Waals surface area contributed by atoms with Gasteiger partial charge in [0.15, 0.2) is 5.65 Å². The molecule has 1 aromatic carbocycles. The van der Waals surface area contributed by atoms with E-state index in [0.717, 1.165) is 11.1 Å². The van der Waals surface area contributed by atoms with Gasteiger partial charge in [0.05, 0.1) is 6.54 Å². The lowest BCUT2D eigenvalue weighted by Crippen LogP contribution is -2.48. The minimum Gasteiger partial charge on any atom is -0.383 e. The second-order valence-electron chi connectivity index (χ2n) is 6.82. The molecule has 6 nitrogen and oxygen atoms in total. The van der Waals surface area contributed by atoms with E-state index in [2.05, 4.69) is 10.2 Å². The number of fused-ring (bicyclic) bond motifs is 1. The number of rotatable bonds is 2. The highest BCUT2D eigenvalue weighted by molar-refractivity contribution is 6.30. The molecule has 0 saturated carbocycles. The number of hydrogen-bond acceptors (Lipinski definition) is 4. The number of aryl methyl sites for hydroxylation is 1. The lowest BCUT2D eigenvalue weighted by atomic mass is 9.85. The predicted octanol–water partition coefficient (Wildman–Crippen LogP) is 2.81. The largest absolute Gasteiger partial charge is 0.383 e. The van der Waals surface area contributed by atoms with E-state index >= 15 is 0 Å². The average molecular weight is 371 g/mol. The summed E-state index contributed by atoms with van der Waals surface area (Å²) in [6.45, 7) is 2.76. The molecule has 1 fully saturated rings. The van der Waals surface area contributed by atoms with Gasteiger partial charge in [0.25, 0.3) is 5.91 Å². The smallest absolute Gasteiger partial charge is 0.292 e. The van der Waals surface area contributed by atoms with Crippen LogP contribution in [-0.4, -0.2) is 43.6 Å². The van der Waals surface area contributed by atoms with Gasteiger partial charge in [-0.1, -0.05) is 23.7 Å². The van der Waals surface area contributed by atoms with Crippen LogP contribution < -0.4 is 0 Å². The van der Waals surface area contributed by atoms with Crippen LogP contribution in [0.5, 0.6) is 0 Å². The molecule has 3 aromatic rings. The molecule has 0 aliphatic carbocycles. The summed E-state index contributed by atoms with van der Waals surface area (Å²) in [5, 5.41) is 19.9. The fourth-order valence-corrected chi connectivity index (χ4v) is 3.61. The SMILES string of the molecule is Cc1ccn2c(C(=O)N3CCCC(O)(c4ccc(Cl)cc4)C3)nnc2c1. The van der Waals surface area contributed by atoms with Gasteiger partial charge in [0, 0.05) is 17.8 Å². The third-order valence-electron chi connectivity index (χ3n) is 4.90. The third kappa shape index (κ3) is 2.95. The molecule has 0 bridgehead atoms. The minimum atomic E-state index is -1.09. The van der Waals surface area contributed by atoms with Gasteiger partial charge in [-0.15, -0.1) is 10.2 Å². The van der Waals surface area contributed by atoms with Crippen LogP contribution in [0, 0.1) is 6.92 Å². The first-order chi connectivity index (χ1) is 12.5. The number of aromatic nitrogens is 3. The molecule has 1 unspecified atom stereocenters. The Morgan fingerprint density at radius 1 is 1.23 bits per heavy atom. The van der Waals surface area contributed by atoms with Crippen molar-refractivity contribution >= 4 is 23.2 Å². The summed E-state index contributed by atoms with van der Waals surface area (Å²) in [6.07, 6.45) is 3.10. The van der Waals surface area contributed by atoms with Crippen molar-refractivity contribution in [1.29, 1.82) is 0 Å². The van der Waals surface area contributed by atoms with Crippen LogP contribution in [0.1, 0.15) is 34.6 Å². The first kappa shape index (κ1) is 17.0. The van der Waals surface area contributed by atoms with Crippen molar-refractivity contribution in [3.05, 3.63) is 64.6 Å². The maximum absolute atomic E-state index is 13.0. The number of carbonyl (C=O) groups is 1. The van der Waals surface area contributed by atoms with Crippen LogP contribution in [0.25, 0.3) is 5.65 Å². The Morgan fingerprint density at radius 2 is 2.00 bits per heavy atom. The number of amides is 1. The van der Waals surface area contributed by atoms with Gasteiger partial charge in [0.2, 0.25) is 5.82 Å². The molecule has 1 N–H and O–H groups in total. The van der Waals surface area contributed by atoms with Crippen molar-refractivity contribution in [1.82, 2.24) is 19.5 Å². The van der Waals surface area contributed by atoms with Crippen LogP contribution in [-0.2, 0) is 5.60 Å². The predicted molar refractivity (Wildman–Crippen MR) is 98.2 cm³/mol. The van der Waals surface area contributed by atoms with Crippen LogP contribution in [0.4, 0.5) is 0 Å². The fraction of sp³-hybridized carbons (Fsp3) is 0.316. The monoisotopic (exact) mass is 370 g/mol. The van der Waals surface area contributed by atoms with Gasteiger partial charge in [-0.05, 0) is 55.2 Å². The highest BCUT2D eigenvalue weighted by Crippen LogP contribution is 2.32. The summed E-state index contributed by atoms with van der Waals surface area (Å²) in [4.78, 5) is 14.7. The van der Waals surface area contributed by atoms with Crippen molar-refractivity contribution in [2.45, 2.75) is 25.4 Å². The van der Waals surface area contributed by atoms with Crippen molar-refractivity contribution in [3.8, 4) is 0 Å². The maximum atomic E-state index is 13.0. The Balaban J connectivity index is 1.62. The molecular formula is C19H19ClN4O2. The molecule has 7 heteroatoms. The Bertz CT molecular complexity index is 969. The maximum Gasteiger partial charge on any atom is 0.292 e.